The number of hydrogen-bond acceptors (Lipinski definition) is 7. The van der Waals surface area contributed by atoms with Crippen molar-refractivity contribution in [2.75, 3.05) is 32.1 Å². The van der Waals surface area contributed by atoms with Crippen LogP contribution in [0.2, 0.25) is 0 Å². The van der Waals surface area contributed by atoms with E-state index in [0.29, 0.717) is 6.04 Å². The Morgan fingerprint density at radius 2 is 1.97 bits per heavy atom. The first-order chi connectivity index (χ1) is 16.5. The summed E-state index contributed by atoms with van der Waals surface area (Å²) in [5, 5.41) is 15.3. The van der Waals surface area contributed by atoms with Gasteiger partial charge >= 0.3 is 0 Å². The lowest BCUT2D eigenvalue weighted by Crippen LogP contribution is -2.31. The molecule has 4 aromatic heterocycles. The van der Waals surface area contributed by atoms with Crippen molar-refractivity contribution >= 4 is 34.0 Å². The third-order valence-corrected chi connectivity index (χ3v) is 7.44. The van der Waals surface area contributed by atoms with Crippen molar-refractivity contribution in [2.24, 2.45) is 7.05 Å². The molecule has 0 aliphatic carbocycles. The molecule has 0 spiro atoms. The number of likely N-dealkylation sites (N-methyl/N-ethyl adjacent to an activating group) is 1. The molecule has 1 fully saturated rings. The first kappa shape index (κ1) is 21.1. The minimum atomic E-state index is 0.592. The standard InChI is InChI=1S/C25H26N8S/c1-30(2)19-8-11-32(16-19)20-12-18-13-21(5-6-22(18)26-14-20)34-25-28-27-24-7-4-17(15-33(24)25)23-9-10-31(3)29-23/h4-7,9-10,12-15,19H,8,11,16H2,1-3H3. The van der Waals surface area contributed by atoms with Crippen LogP contribution in [0.15, 0.2) is 71.1 Å². The zero-order valence-corrected chi connectivity index (χ0v) is 20.3. The maximum Gasteiger partial charge on any atom is 0.200 e. The molecule has 5 aromatic rings. The highest BCUT2D eigenvalue weighted by molar-refractivity contribution is 7.99. The highest BCUT2D eigenvalue weighted by Crippen LogP contribution is 2.32. The van der Waals surface area contributed by atoms with Crippen molar-refractivity contribution in [1.29, 1.82) is 0 Å². The van der Waals surface area contributed by atoms with Crippen LogP contribution in [0.3, 0.4) is 0 Å². The van der Waals surface area contributed by atoms with E-state index in [0.717, 1.165) is 50.9 Å². The van der Waals surface area contributed by atoms with Crippen LogP contribution in [-0.2, 0) is 7.05 Å². The Morgan fingerprint density at radius 3 is 2.76 bits per heavy atom. The molecule has 0 bridgehead atoms. The van der Waals surface area contributed by atoms with Crippen LogP contribution in [0, 0.1) is 0 Å². The van der Waals surface area contributed by atoms with Crippen LogP contribution < -0.4 is 4.90 Å². The van der Waals surface area contributed by atoms with E-state index in [1.54, 1.807) is 11.8 Å². The monoisotopic (exact) mass is 470 g/mol. The van der Waals surface area contributed by atoms with Gasteiger partial charge in [-0.25, -0.2) is 0 Å². The maximum absolute atomic E-state index is 4.72. The minimum Gasteiger partial charge on any atom is -0.369 e. The summed E-state index contributed by atoms with van der Waals surface area (Å²) in [5.74, 6) is 0. The van der Waals surface area contributed by atoms with Crippen molar-refractivity contribution in [3.8, 4) is 11.3 Å². The predicted molar refractivity (Wildman–Crippen MR) is 135 cm³/mol. The first-order valence-electron chi connectivity index (χ1n) is 11.4. The normalized spacial score (nSPS) is 16.4. The van der Waals surface area contributed by atoms with Gasteiger partial charge in [0.25, 0.3) is 0 Å². The van der Waals surface area contributed by atoms with E-state index >= 15 is 0 Å². The molecule has 1 aromatic carbocycles. The summed E-state index contributed by atoms with van der Waals surface area (Å²) >= 11 is 1.61. The number of nitrogens with zero attached hydrogens (tertiary/aromatic N) is 8. The molecule has 172 valence electrons. The maximum atomic E-state index is 4.72. The zero-order valence-electron chi connectivity index (χ0n) is 19.5. The van der Waals surface area contributed by atoms with Crippen LogP contribution in [0.4, 0.5) is 5.69 Å². The molecule has 0 amide bonds. The molecule has 5 heterocycles. The number of aryl methyl sites for hydroxylation is 1. The fourth-order valence-corrected chi connectivity index (χ4v) is 5.36. The fraction of sp³-hybridized carbons (Fsp3) is 0.280. The first-order valence-corrected chi connectivity index (χ1v) is 12.2. The van der Waals surface area contributed by atoms with Crippen molar-refractivity contribution in [3.63, 3.8) is 0 Å². The topological polar surface area (TPSA) is 67.4 Å². The average molecular weight is 471 g/mol. The van der Waals surface area contributed by atoms with E-state index < -0.39 is 0 Å². The Bertz CT molecular complexity index is 1490. The number of aromatic nitrogens is 6. The Balaban J connectivity index is 1.29. The summed E-state index contributed by atoms with van der Waals surface area (Å²) in [5.41, 5.74) is 4.96. The number of rotatable bonds is 5. The number of pyridine rings is 2. The Kier molecular flexibility index (Phi) is 5.23. The molecule has 1 aliphatic heterocycles. The van der Waals surface area contributed by atoms with Gasteiger partial charge in [-0.2, -0.15) is 5.10 Å². The zero-order chi connectivity index (χ0) is 23.2. The molecular weight excluding hydrogens is 444 g/mol. The van der Waals surface area contributed by atoms with Gasteiger partial charge < -0.3 is 9.80 Å². The van der Waals surface area contributed by atoms with Gasteiger partial charge in [0.1, 0.15) is 0 Å². The van der Waals surface area contributed by atoms with Gasteiger partial charge in [-0.1, -0.05) is 0 Å². The van der Waals surface area contributed by atoms with E-state index in [9.17, 15) is 0 Å². The second-order valence-corrected chi connectivity index (χ2v) is 10.0. The highest BCUT2D eigenvalue weighted by Gasteiger charge is 2.24. The minimum absolute atomic E-state index is 0.592. The van der Waals surface area contributed by atoms with Crippen molar-refractivity contribution in [2.45, 2.75) is 22.5 Å². The van der Waals surface area contributed by atoms with Gasteiger partial charge in [0, 0.05) is 54.4 Å². The summed E-state index contributed by atoms with van der Waals surface area (Å²) in [7, 11) is 6.24. The van der Waals surface area contributed by atoms with E-state index in [1.165, 1.54) is 12.1 Å². The summed E-state index contributed by atoms with van der Waals surface area (Å²) in [6, 6.07) is 15.2. The summed E-state index contributed by atoms with van der Waals surface area (Å²) in [6.45, 7) is 2.10. The van der Waals surface area contributed by atoms with Gasteiger partial charge in [-0.05, 0) is 74.7 Å². The lowest BCUT2D eigenvalue weighted by molar-refractivity contribution is 0.315. The van der Waals surface area contributed by atoms with E-state index in [1.807, 2.05) is 46.7 Å². The molecule has 8 nitrogen and oxygen atoms in total. The fourth-order valence-electron chi connectivity index (χ4n) is 4.50. The number of benzene rings is 1. The highest BCUT2D eigenvalue weighted by atomic mass is 32.2. The lowest BCUT2D eigenvalue weighted by atomic mass is 10.2. The van der Waals surface area contributed by atoms with Gasteiger partial charge in [-0.15, -0.1) is 10.2 Å². The molecule has 1 atom stereocenters. The van der Waals surface area contributed by atoms with Crippen LogP contribution in [0.25, 0.3) is 27.8 Å². The van der Waals surface area contributed by atoms with Crippen molar-refractivity contribution < 1.29 is 0 Å². The van der Waals surface area contributed by atoms with Gasteiger partial charge in [0.05, 0.1) is 23.1 Å². The van der Waals surface area contributed by atoms with Gasteiger partial charge in [-0.3, -0.25) is 14.1 Å². The van der Waals surface area contributed by atoms with Crippen LogP contribution in [0.1, 0.15) is 6.42 Å². The van der Waals surface area contributed by atoms with Crippen LogP contribution in [-0.4, -0.2) is 67.5 Å². The SMILES string of the molecule is CN(C)C1CCN(c2cnc3ccc(Sc4nnc5ccc(-c6ccn(C)n6)cn45)cc3c2)C1. The van der Waals surface area contributed by atoms with Gasteiger partial charge in [0.2, 0.25) is 0 Å². The summed E-state index contributed by atoms with van der Waals surface area (Å²) in [6.07, 6.45) is 7.18. The number of anilines is 1. The molecule has 0 saturated carbocycles. The van der Waals surface area contributed by atoms with Crippen LogP contribution in [0.5, 0.6) is 0 Å². The summed E-state index contributed by atoms with van der Waals surface area (Å²) in [4.78, 5) is 10.6. The number of hydrogen-bond donors (Lipinski definition) is 0. The quantitative estimate of drug-likeness (QED) is 0.385. The molecular formula is C25H26N8S. The molecule has 6 rings (SSSR count). The molecule has 1 saturated heterocycles. The average Bonchev–Trinajstić information content (AvgIpc) is 3.59. The second kappa shape index (κ2) is 8.41. The lowest BCUT2D eigenvalue weighted by Gasteiger charge is -2.21. The smallest absolute Gasteiger partial charge is 0.200 e. The molecule has 1 aliphatic rings. The molecule has 9 heteroatoms. The summed E-state index contributed by atoms with van der Waals surface area (Å²) < 4.78 is 3.83. The Hall–Kier alpha value is -3.43. The Morgan fingerprint density at radius 1 is 1.06 bits per heavy atom. The third kappa shape index (κ3) is 3.91. The van der Waals surface area contributed by atoms with Crippen LogP contribution >= 0.6 is 11.8 Å². The Labute approximate surface area is 202 Å². The molecule has 1 unspecified atom stereocenters. The largest absolute Gasteiger partial charge is 0.369 e. The van der Waals surface area contributed by atoms with E-state index in [4.69, 9.17) is 4.98 Å². The molecule has 0 radical (unpaired) electrons. The second-order valence-electron chi connectivity index (χ2n) is 9.01. The number of fused-ring (bicyclic) bond motifs is 2. The molecule has 34 heavy (non-hydrogen) atoms. The van der Waals surface area contributed by atoms with Gasteiger partial charge in [0.15, 0.2) is 10.8 Å². The van der Waals surface area contributed by atoms with Crippen molar-refractivity contribution in [1.82, 2.24) is 34.3 Å². The van der Waals surface area contributed by atoms with E-state index in [-0.39, 0.29) is 0 Å². The van der Waals surface area contributed by atoms with Crippen molar-refractivity contribution in [3.05, 3.63) is 61.1 Å². The predicted octanol–water partition coefficient (Wildman–Crippen LogP) is 3.97. The molecule has 0 N–H and O–H groups in total. The third-order valence-electron chi connectivity index (χ3n) is 6.49. The van der Waals surface area contributed by atoms with E-state index in [2.05, 4.69) is 69.7 Å².